The van der Waals surface area contributed by atoms with E-state index in [1.54, 1.807) is 0 Å². The normalized spacial score (nSPS) is 22.6. The van der Waals surface area contributed by atoms with Crippen LogP contribution in [-0.4, -0.2) is 26.3 Å². The summed E-state index contributed by atoms with van der Waals surface area (Å²) in [6, 6.07) is 6.61. The zero-order valence-corrected chi connectivity index (χ0v) is 13.5. The Morgan fingerprint density at radius 2 is 1.95 bits per heavy atom. The summed E-state index contributed by atoms with van der Waals surface area (Å²) in [5.74, 6) is 0.703. The van der Waals surface area contributed by atoms with Gasteiger partial charge in [0, 0.05) is 18.6 Å². The van der Waals surface area contributed by atoms with Crippen LogP contribution in [0.3, 0.4) is 0 Å². The molecule has 1 aromatic rings. The van der Waals surface area contributed by atoms with Gasteiger partial charge >= 0.3 is 0 Å². The van der Waals surface area contributed by atoms with Crippen molar-refractivity contribution in [1.82, 2.24) is 5.32 Å². The molecule has 1 N–H and O–H groups in total. The minimum Gasteiger partial charge on any atom is -0.381 e. The molecule has 0 aliphatic carbocycles. The van der Waals surface area contributed by atoms with Gasteiger partial charge in [-0.15, -0.1) is 0 Å². The summed E-state index contributed by atoms with van der Waals surface area (Å²) in [5, 5.41) is 3.65. The topological polar surface area (TPSA) is 21.3 Å². The van der Waals surface area contributed by atoms with E-state index in [4.69, 9.17) is 4.74 Å². The smallest absolute Gasteiger partial charge is 0.0538 e. The minimum absolute atomic E-state index is 0.283. The van der Waals surface area contributed by atoms with Crippen molar-refractivity contribution in [2.24, 2.45) is 11.3 Å². The molecular formula is C18H29NO. The first-order chi connectivity index (χ1) is 9.52. The van der Waals surface area contributed by atoms with E-state index in [-0.39, 0.29) is 5.41 Å². The molecule has 0 radical (unpaired) electrons. The van der Waals surface area contributed by atoms with Gasteiger partial charge in [-0.25, -0.2) is 0 Å². The Morgan fingerprint density at radius 1 is 1.25 bits per heavy atom. The van der Waals surface area contributed by atoms with Gasteiger partial charge < -0.3 is 10.1 Å². The van der Waals surface area contributed by atoms with E-state index in [0.29, 0.717) is 5.92 Å². The van der Waals surface area contributed by atoms with Gasteiger partial charge in [0.05, 0.1) is 6.61 Å². The van der Waals surface area contributed by atoms with Crippen LogP contribution in [0.5, 0.6) is 0 Å². The number of nitrogens with one attached hydrogen (secondary N) is 1. The number of benzene rings is 1. The molecule has 2 nitrogen and oxygen atoms in total. The van der Waals surface area contributed by atoms with Crippen LogP contribution in [0.2, 0.25) is 0 Å². The van der Waals surface area contributed by atoms with Crippen molar-refractivity contribution in [1.29, 1.82) is 0 Å². The highest BCUT2D eigenvalue weighted by Crippen LogP contribution is 2.34. The van der Waals surface area contributed by atoms with Crippen molar-refractivity contribution in [3.8, 4) is 0 Å². The Hall–Kier alpha value is -0.860. The second-order valence-electron chi connectivity index (χ2n) is 6.87. The second-order valence-corrected chi connectivity index (χ2v) is 6.87. The van der Waals surface area contributed by atoms with Crippen molar-refractivity contribution < 1.29 is 4.74 Å². The molecule has 0 saturated carbocycles. The van der Waals surface area contributed by atoms with E-state index in [0.717, 1.165) is 32.7 Å². The summed E-state index contributed by atoms with van der Waals surface area (Å²) in [6.45, 7) is 12.9. The first-order valence-electron chi connectivity index (χ1n) is 7.86. The van der Waals surface area contributed by atoms with Gasteiger partial charge in [0.25, 0.3) is 0 Å². The fraction of sp³-hybridized carbons (Fsp3) is 0.667. The molecule has 0 spiro atoms. The van der Waals surface area contributed by atoms with Crippen LogP contribution < -0.4 is 5.32 Å². The van der Waals surface area contributed by atoms with Gasteiger partial charge in [-0.2, -0.15) is 0 Å². The minimum atomic E-state index is 0.283. The van der Waals surface area contributed by atoms with Crippen LogP contribution in [-0.2, 0) is 11.2 Å². The molecule has 1 aromatic carbocycles. The lowest BCUT2D eigenvalue weighted by Gasteiger charge is -2.30. The number of rotatable bonds is 6. The van der Waals surface area contributed by atoms with Crippen LogP contribution in [0.1, 0.15) is 37.0 Å². The van der Waals surface area contributed by atoms with Crippen LogP contribution in [0.25, 0.3) is 0 Å². The SMILES string of the molecule is Cc1cccc(C)c1CC1(CNCC(C)C)CCOC1. The summed E-state index contributed by atoms with van der Waals surface area (Å²) in [4.78, 5) is 0. The molecule has 0 amide bonds. The number of aryl methyl sites for hydroxylation is 2. The summed E-state index contributed by atoms with van der Waals surface area (Å²) >= 11 is 0. The molecule has 1 atom stereocenters. The predicted octanol–water partition coefficient (Wildman–Crippen LogP) is 3.50. The lowest BCUT2D eigenvalue weighted by molar-refractivity contribution is 0.148. The van der Waals surface area contributed by atoms with Gasteiger partial charge in [-0.05, 0) is 55.8 Å². The van der Waals surface area contributed by atoms with Gasteiger partial charge in [0.2, 0.25) is 0 Å². The average Bonchev–Trinajstić information content (AvgIpc) is 2.83. The van der Waals surface area contributed by atoms with Gasteiger partial charge in [0.15, 0.2) is 0 Å². The molecular weight excluding hydrogens is 246 g/mol. The summed E-state index contributed by atoms with van der Waals surface area (Å²) in [7, 11) is 0. The summed E-state index contributed by atoms with van der Waals surface area (Å²) in [6.07, 6.45) is 2.31. The predicted molar refractivity (Wildman–Crippen MR) is 85.2 cm³/mol. The zero-order valence-electron chi connectivity index (χ0n) is 13.5. The van der Waals surface area contributed by atoms with Crippen LogP contribution >= 0.6 is 0 Å². The van der Waals surface area contributed by atoms with Crippen LogP contribution in [0, 0.1) is 25.2 Å². The largest absolute Gasteiger partial charge is 0.381 e. The van der Waals surface area contributed by atoms with Crippen LogP contribution in [0.15, 0.2) is 18.2 Å². The van der Waals surface area contributed by atoms with E-state index >= 15 is 0 Å². The Kier molecular flexibility index (Phi) is 5.22. The molecule has 1 aliphatic rings. The van der Waals surface area contributed by atoms with E-state index in [1.807, 2.05) is 0 Å². The molecule has 1 unspecified atom stereocenters. The Labute approximate surface area is 123 Å². The molecule has 1 heterocycles. The monoisotopic (exact) mass is 275 g/mol. The molecule has 1 saturated heterocycles. The molecule has 112 valence electrons. The standard InChI is InChI=1S/C18H29NO/c1-14(2)11-19-12-18(8-9-20-13-18)10-17-15(3)6-5-7-16(17)4/h5-7,14,19H,8-13H2,1-4H3. The summed E-state index contributed by atoms with van der Waals surface area (Å²) < 4.78 is 5.73. The van der Waals surface area contributed by atoms with Crippen LogP contribution in [0.4, 0.5) is 0 Å². The number of hydrogen-bond acceptors (Lipinski definition) is 2. The van der Waals surface area contributed by atoms with E-state index < -0.39 is 0 Å². The summed E-state index contributed by atoms with van der Waals surface area (Å²) in [5.41, 5.74) is 4.63. The van der Waals surface area contributed by atoms with E-state index in [2.05, 4.69) is 51.2 Å². The van der Waals surface area contributed by atoms with E-state index in [1.165, 1.54) is 23.1 Å². The first-order valence-corrected chi connectivity index (χ1v) is 7.86. The van der Waals surface area contributed by atoms with Crippen molar-refractivity contribution in [3.05, 3.63) is 34.9 Å². The van der Waals surface area contributed by atoms with Gasteiger partial charge in [-0.1, -0.05) is 32.0 Å². The molecule has 2 heteroatoms. The van der Waals surface area contributed by atoms with Crippen molar-refractivity contribution in [2.45, 2.75) is 40.5 Å². The first kappa shape index (κ1) is 15.5. The Bertz CT molecular complexity index is 413. The fourth-order valence-corrected chi connectivity index (χ4v) is 3.12. The highest BCUT2D eigenvalue weighted by molar-refractivity contribution is 5.34. The quantitative estimate of drug-likeness (QED) is 0.858. The highest BCUT2D eigenvalue weighted by atomic mass is 16.5. The number of hydrogen-bond donors (Lipinski definition) is 1. The molecule has 1 aliphatic heterocycles. The molecule has 0 aromatic heterocycles. The third-order valence-electron chi connectivity index (χ3n) is 4.43. The average molecular weight is 275 g/mol. The lowest BCUT2D eigenvalue weighted by atomic mass is 9.78. The molecule has 0 bridgehead atoms. The third kappa shape index (κ3) is 3.83. The van der Waals surface area contributed by atoms with E-state index in [9.17, 15) is 0 Å². The maximum Gasteiger partial charge on any atom is 0.0538 e. The Morgan fingerprint density at radius 3 is 2.50 bits per heavy atom. The molecule has 20 heavy (non-hydrogen) atoms. The van der Waals surface area contributed by atoms with Crippen molar-refractivity contribution >= 4 is 0 Å². The zero-order chi connectivity index (χ0) is 14.6. The lowest BCUT2D eigenvalue weighted by Crippen LogP contribution is -2.38. The third-order valence-corrected chi connectivity index (χ3v) is 4.43. The van der Waals surface area contributed by atoms with Crippen molar-refractivity contribution in [3.63, 3.8) is 0 Å². The van der Waals surface area contributed by atoms with Gasteiger partial charge in [0.1, 0.15) is 0 Å². The maximum atomic E-state index is 5.73. The van der Waals surface area contributed by atoms with Crippen molar-refractivity contribution in [2.75, 3.05) is 26.3 Å². The highest BCUT2D eigenvalue weighted by Gasteiger charge is 2.35. The molecule has 1 fully saturated rings. The van der Waals surface area contributed by atoms with Gasteiger partial charge in [-0.3, -0.25) is 0 Å². The maximum absolute atomic E-state index is 5.73. The fourth-order valence-electron chi connectivity index (χ4n) is 3.12. The Balaban J connectivity index is 2.09. The molecule has 2 rings (SSSR count). The second kappa shape index (κ2) is 6.73. The number of ether oxygens (including phenoxy) is 1.